The molecule has 2 aromatic rings. The highest BCUT2D eigenvalue weighted by Gasteiger charge is 2.22. The first-order valence-electron chi connectivity index (χ1n) is 8.01. The third kappa shape index (κ3) is 3.97. The summed E-state index contributed by atoms with van der Waals surface area (Å²) in [5, 5.41) is 13.6. The SMILES string of the molecule is Cc1ccc(C(=O)OC(C)C(=O)Nc2ccc3c(c2)OCO3)cc1[N+](=O)[O-]. The third-order valence-electron chi connectivity index (χ3n) is 3.93. The zero-order valence-electron chi connectivity index (χ0n) is 14.6. The van der Waals surface area contributed by atoms with Crippen molar-refractivity contribution in [3.63, 3.8) is 0 Å². The van der Waals surface area contributed by atoms with Crippen LogP contribution < -0.4 is 14.8 Å². The molecule has 1 amide bonds. The molecule has 0 saturated carbocycles. The number of esters is 1. The molecule has 9 heteroatoms. The van der Waals surface area contributed by atoms with Crippen LogP contribution in [-0.4, -0.2) is 29.7 Å². The van der Waals surface area contributed by atoms with Crippen LogP contribution in [0.15, 0.2) is 36.4 Å². The Morgan fingerprint density at radius 3 is 2.67 bits per heavy atom. The fourth-order valence-electron chi connectivity index (χ4n) is 2.43. The van der Waals surface area contributed by atoms with Crippen molar-refractivity contribution in [2.45, 2.75) is 20.0 Å². The van der Waals surface area contributed by atoms with Crippen molar-refractivity contribution in [1.29, 1.82) is 0 Å². The maximum Gasteiger partial charge on any atom is 0.339 e. The number of nitro benzene ring substituents is 1. The molecule has 0 aromatic heterocycles. The number of rotatable bonds is 5. The number of nitrogens with zero attached hydrogens (tertiary/aromatic N) is 1. The number of amides is 1. The molecule has 9 nitrogen and oxygen atoms in total. The van der Waals surface area contributed by atoms with Crippen LogP contribution >= 0.6 is 0 Å². The monoisotopic (exact) mass is 372 g/mol. The first kappa shape index (κ1) is 18.2. The van der Waals surface area contributed by atoms with Gasteiger partial charge in [-0.15, -0.1) is 0 Å². The molecule has 2 aromatic carbocycles. The van der Waals surface area contributed by atoms with Crippen molar-refractivity contribution >= 4 is 23.3 Å². The lowest BCUT2D eigenvalue weighted by Crippen LogP contribution is -2.30. The molecule has 1 unspecified atom stereocenters. The predicted molar refractivity (Wildman–Crippen MR) is 93.9 cm³/mol. The average Bonchev–Trinajstić information content (AvgIpc) is 3.09. The van der Waals surface area contributed by atoms with Crippen LogP contribution in [-0.2, 0) is 9.53 Å². The van der Waals surface area contributed by atoms with Crippen LogP contribution in [0.3, 0.4) is 0 Å². The van der Waals surface area contributed by atoms with E-state index < -0.39 is 22.9 Å². The molecule has 1 aliphatic rings. The van der Waals surface area contributed by atoms with Crippen molar-refractivity contribution in [2.24, 2.45) is 0 Å². The summed E-state index contributed by atoms with van der Waals surface area (Å²) in [7, 11) is 0. The summed E-state index contributed by atoms with van der Waals surface area (Å²) in [6.07, 6.45) is -1.11. The molecule has 3 rings (SSSR count). The number of nitrogens with one attached hydrogen (secondary N) is 1. The number of hydrogen-bond acceptors (Lipinski definition) is 7. The number of carbonyl (C=O) groups excluding carboxylic acids is 2. The van der Waals surface area contributed by atoms with E-state index in [1.54, 1.807) is 25.1 Å². The van der Waals surface area contributed by atoms with E-state index in [1.807, 2.05) is 0 Å². The van der Waals surface area contributed by atoms with Gasteiger partial charge in [0.1, 0.15) is 0 Å². The molecule has 0 saturated heterocycles. The fraction of sp³-hybridized carbons (Fsp3) is 0.222. The first-order valence-corrected chi connectivity index (χ1v) is 8.01. The Morgan fingerprint density at radius 2 is 1.93 bits per heavy atom. The maximum atomic E-state index is 12.2. The normalized spacial score (nSPS) is 13.0. The topological polar surface area (TPSA) is 117 Å². The molecule has 0 fully saturated rings. The van der Waals surface area contributed by atoms with Crippen LogP contribution in [0.1, 0.15) is 22.8 Å². The molecule has 27 heavy (non-hydrogen) atoms. The molecule has 140 valence electrons. The molecule has 0 bridgehead atoms. The van der Waals surface area contributed by atoms with Gasteiger partial charge in [0.2, 0.25) is 6.79 Å². The largest absolute Gasteiger partial charge is 0.454 e. The van der Waals surface area contributed by atoms with Gasteiger partial charge in [0.25, 0.3) is 11.6 Å². The van der Waals surface area contributed by atoms with Crippen LogP contribution in [0.25, 0.3) is 0 Å². The standard InChI is InChI=1S/C18H16N2O7/c1-10-3-4-12(7-14(10)20(23)24)18(22)27-11(2)17(21)19-13-5-6-15-16(8-13)26-9-25-15/h3-8,11H,9H2,1-2H3,(H,19,21). The quantitative estimate of drug-likeness (QED) is 0.487. The van der Waals surface area contributed by atoms with E-state index in [2.05, 4.69) is 5.32 Å². The highest BCUT2D eigenvalue weighted by Crippen LogP contribution is 2.34. The van der Waals surface area contributed by atoms with Crippen LogP contribution in [0.2, 0.25) is 0 Å². The molecular formula is C18H16N2O7. The van der Waals surface area contributed by atoms with Crippen LogP contribution in [0.4, 0.5) is 11.4 Å². The lowest BCUT2D eigenvalue weighted by atomic mass is 10.1. The zero-order chi connectivity index (χ0) is 19.6. The molecule has 1 aliphatic heterocycles. The first-order chi connectivity index (χ1) is 12.8. The third-order valence-corrected chi connectivity index (χ3v) is 3.93. The van der Waals surface area contributed by atoms with E-state index in [-0.39, 0.29) is 18.0 Å². The minimum Gasteiger partial charge on any atom is -0.454 e. The van der Waals surface area contributed by atoms with E-state index in [0.29, 0.717) is 22.7 Å². The summed E-state index contributed by atoms with van der Waals surface area (Å²) in [5.41, 5.74) is 0.681. The molecule has 1 heterocycles. The molecule has 0 spiro atoms. The van der Waals surface area contributed by atoms with Gasteiger partial charge in [-0.25, -0.2) is 4.79 Å². The lowest BCUT2D eigenvalue weighted by molar-refractivity contribution is -0.385. The number of carbonyl (C=O) groups is 2. The van der Waals surface area contributed by atoms with Crippen LogP contribution in [0.5, 0.6) is 11.5 Å². The zero-order valence-corrected chi connectivity index (χ0v) is 14.6. The maximum absolute atomic E-state index is 12.2. The van der Waals surface area contributed by atoms with Crippen molar-refractivity contribution in [3.8, 4) is 11.5 Å². The van der Waals surface area contributed by atoms with Gasteiger partial charge in [-0.2, -0.15) is 0 Å². The van der Waals surface area contributed by atoms with Crippen LogP contribution in [0, 0.1) is 17.0 Å². The van der Waals surface area contributed by atoms with Crippen molar-refractivity contribution < 1.29 is 28.7 Å². The van der Waals surface area contributed by atoms with Crippen molar-refractivity contribution in [1.82, 2.24) is 0 Å². The summed E-state index contributed by atoms with van der Waals surface area (Å²) < 4.78 is 15.5. The highest BCUT2D eigenvalue weighted by molar-refractivity contribution is 5.97. The lowest BCUT2D eigenvalue weighted by Gasteiger charge is -2.14. The van der Waals surface area contributed by atoms with Gasteiger partial charge in [0, 0.05) is 23.4 Å². The molecule has 0 radical (unpaired) electrons. The summed E-state index contributed by atoms with van der Waals surface area (Å²) >= 11 is 0. The number of aryl methyl sites for hydroxylation is 1. The second-order valence-corrected chi connectivity index (χ2v) is 5.86. The molecular weight excluding hydrogens is 356 g/mol. The van der Waals surface area contributed by atoms with Gasteiger partial charge >= 0.3 is 5.97 Å². The Morgan fingerprint density at radius 1 is 1.19 bits per heavy atom. The average molecular weight is 372 g/mol. The van der Waals surface area contributed by atoms with E-state index in [4.69, 9.17) is 14.2 Å². The molecule has 1 N–H and O–H groups in total. The van der Waals surface area contributed by atoms with Crippen molar-refractivity contribution in [3.05, 3.63) is 57.6 Å². The van der Waals surface area contributed by atoms with Gasteiger partial charge < -0.3 is 19.5 Å². The Bertz CT molecular complexity index is 926. The number of hydrogen-bond donors (Lipinski definition) is 1. The van der Waals surface area contributed by atoms with Gasteiger partial charge in [-0.05, 0) is 32.0 Å². The number of ether oxygens (including phenoxy) is 3. The molecule has 0 aliphatic carbocycles. The van der Waals surface area contributed by atoms with Gasteiger partial charge in [0.05, 0.1) is 10.5 Å². The van der Waals surface area contributed by atoms with Gasteiger partial charge in [-0.1, -0.05) is 6.07 Å². The Kier molecular flexibility index (Phi) is 4.93. The van der Waals surface area contributed by atoms with E-state index >= 15 is 0 Å². The van der Waals surface area contributed by atoms with Gasteiger partial charge in [-0.3, -0.25) is 14.9 Å². The number of fused-ring (bicyclic) bond motifs is 1. The number of anilines is 1. The Hall–Kier alpha value is -3.62. The van der Waals surface area contributed by atoms with Crippen molar-refractivity contribution in [2.75, 3.05) is 12.1 Å². The summed E-state index contributed by atoms with van der Waals surface area (Å²) in [6.45, 7) is 3.08. The summed E-state index contributed by atoms with van der Waals surface area (Å²) in [6, 6.07) is 8.86. The van der Waals surface area contributed by atoms with E-state index in [1.165, 1.54) is 19.1 Å². The highest BCUT2D eigenvalue weighted by atomic mass is 16.7. The Labute approximate surface area is 154 Å². The molecule has 1 atom stereocenters. The summed E-state index contributed by atoms with van der Waals surface area (Å²) in [4.78, 5) is 34.8. The number of benzene rings is 2. The predicted octanol–water partition coefficient (Wildman–Crippen LogP) is 2.82. The minimum absolute atomic E-state index is 0.00460. The van der Waals surface area contributed by atoms with E-state index in [0.717, 1.165) is 6.07 Å². The smallest absolute Gasteiger partial charge is 0.339 e. The summed E-state index contributed by atoms with van der Waals surface area (Å²) in [5.74, 6) is -0.298. The second-order valence-electron chi connectivity index (χ2n) is 5.86. The fourth-order valence-corrected chi connectivity index (χ4v) is 2.43. The number of nitro groups is 1. The minimum atomic E-state index is -1.11. The second kappa shape index (κ2) is 7.32. The van der Waals surface area contributed by atoms with Gasteiger partial charge in [0.15, 0.2) is 17.6 Å². The Balaban J connectivity index is 1.65. The van der Waals surface area contributed by atoms with E-state index in [9.17, 15) is 19.7 Å².